The monoisotopic (exact) mass is 303 g/mol. The van der Waals surface area contributed by atoms with Crippen LogP contribution in [0.5, 0.6) is 0 Å². The van der Waals surface area contributed by atoms with E-state index in [-0.39, 0.29) is 11.2 Å². The lowest BCUT2D eigenvalue weighted by molar-refractivity contribution is -0.130. The number of carbonyl (C=O) groups excluding carboxylic acids is 1. The Balaban J connectivity index is 2.16. The molecule has 0 spiro atoms. The topological polar surface area (TPSA) is 52.7 Å². The van der Waals surface area contributed by atoms with Gasteiger partial charge in [-0.2, -0.15) is 0 Å². The molecule has 0 saturated carbocycles. The van der Waals surface area contributed by atoms with Crippen molar-refractivity contribution in [2.75, 3.05) is 46.5 Å². The van der Waals surface area contributed by atoms with Crippen molar-refractivity contribution in [1.29, 1.82) is 0 Å². The highest BCUT2D eigenvalue weighted by Gasteiger charge is 2.21. The van der Waals surface area contributed by atoms with E-state index in [0.717, 1.165) is 38.9 Å². The summed E-state index contributed by atoms with van der Waals surface area (Å²) in [6.45, 7) is 5.46. The molecule has 1 saturated heterocycles. The number of carbonyl (C=O) groups is 1. The molecule has 0 aromatic heterocycles. The van der Waals surface area contributed by atoms with Gasteiger partial charge in [0.05, 0.1) is 6.54 Å². The second kappa shape index (κ2) is 8.74. The van der Waals surface area contributed by atoms with Gasteiger partial charge in [-0.15, -0.1) is 0 Å². The Labute approximate surface area is 125 Å². The summed E-state index contributed by atoms with van der Waals surface area (Å²) in [5.41, 5.74) is 0. The molecule has 0 aromatic carbocycles. The van der Waals surface area contributed by atoms with Gasteiger partial charge in [0.15, 0.2) is 0 Å². The van der Waals surface area contributed by atoms with Crippen molar-refractivity contribution in [2.24, 2.45) is 0 Å². The fourth-order valence-corrected chi connectivity index (χ4v) is 2.73. The zero-order valence-electron chi connectivity index (χ0n) is 13.2. The van der Waals surface area contributed by atoms with Gasteiger partial charge in [-0.05, 0) is 25.8 Å². The molecule has 1 fully saturated rings. The van der Waals surface area contributed by atoms with Crippen molar-refractivity contribution < 1.29 is 9.00 Å². The Hall–Kier alpha value is -0.460. The Morgan fingerprint density at radius 1 is 1.40 bits per heavy atom. The fraction of sp³-hybridized carbons (Fsp3) is 0.929. The molecule has 2 atom stereocenters. The largest absolute Gasteiger partial charge is 0.348 e. The van der Waals surface area contributed by atoms with Crippen LogP contribution in [0.3, 0.4) is 0 Å². The Kier molecular flexibility index (Phi) is 7.69. The first-order chi connectivity index (χ1) is 9.40. The van der Waals surface area contributed by atoms with Crippen LogP contribution < -0.4 is 5.32 Å². The minimum atomic E-state index is -0.724. The molecule has 1 aliphatic heterocycles. The van der Waals surface area contributed by atoms with Crippen molar-refractivity contribution in [3.8, 4) is 0 Å². The van der Waals surface area contributed by atoms with Crippen molar-refractivity contribution in [3.05, 3.63) is 0 Å². The standard InChI is InChI=1S/C14H29N3O2S/c1-12(20(4)19)5-8-15-13-6-9-17(10-7-13)11-14(18)16(2)3/h12-13,15H,5-11H2,1-4H3. The van der Waals surface area contributed by atoms with E-state index >= 15 is 0 Å². The Morgan fingerprint density at radius 3 is 2.50 bits per heavy atom. The van der Waals surface area contributed by atoms with Gasteiger partial charge >= 0.3 is 0 Å². The lowest BCUT2D eigenvalue weighted by atomic mass is 10.0. The van der Waals surface area contributed by atoms with Gasteiger partial charge in [0.1, 0.15) is 0 Å². The van der Waals surface area contributed by atoms with Crippen molar-refractivity contribution >= 4 is 16.7 Å². The van der Waals surface area contributed by atoms with Crippen LogP contribution in [-0.2, 0) is 15.6 Å². The van der Waals surface area contributed by atoms with Gasteiger partial charge in [-0.1, -0.05) is 6.92 Å². The molecule has 2 unspecified atom stereocenters. The van der Waals surface area contributed by atoms with E-state index in [4.69, 9.17) is 0 Å². The second-order valence-electron chi connectivity index (χ2n) is 5.89. The zero-order valence-corrected chi connectivity index (χ0v) is 14.0. The Bertz CT molecular complexity index is 328. The third-order valence-corrected chi connectivity index (χ3v) is 5.36. The molecule has 1 amide bonds. The molecule has 0 radical (unpaired) electrons. The molecule has 0 aromatic rings. The number of nitrogens with zero attached hydrogens (tertiary/aromatic N) is 2. The summed E-state index contributed by atoms with van der Waals surface area (Å²) >= 11 is 0. The molecule has 5 nitrogen and oxygen atoms in total. The number of likely N-dealkylation sites (N-methyl/N-ethyl adjacent to an activating group) is 1. The molecule has 0 bridgehead atoms. The van der Waals surface area contributed by atoms with Gasteiger partial charge < -0.3 is 10.2 Å². The number of piperidine rings is 1. The fourth-order valence-electron chi connectivity index (χ4n) is 2.28. The second-order valence-corrected chi connectivity index (χ2v) is 7.69. The molecule has 0 aliphatic carbocycles. The number of rotatable bonds is 7. The van der Waals surface area contributed by atoms with Crippen molar-refractivity contribution in [3.63, 3.8) is 0 Å². The summed E-state index contributed by atoms with van der Waals surface area (Å²) in [6.07, 6.45) is 4.90. The summed E-state index contributed by atoms with van der Waals surface area (Å²) in [6, 6.07) is 0.540. The average molecular weight is 303 g/mol. The van der Waals surface area contributed by atoms with Crippen LogP contribution in [0.4, 0.5) is 0 Å². The minimum absolute atomic E-state index is 0.177. The average Bonchev–Trinajstić information content (AvgIpc) is 2.40. The predicted octanol–water partition coefficient (Wildman–Crippen LogP) is 0.286. The van der Waals surface area contributed by atoms with Crippen LogP contribution in [0.25, 0.3) is 0 Å². The van der Waals surface area contributed by atoms with Crippen LogP contribution in [0.1, 0.15) is 26.2 Å². The van der Waals surface area contributed by atoms with E-state index < -0.39 is 10.8 Å². The van der Waals surface area contributed by atoms with E-state index in [9.17, 15) is 9.00 Å². The molecule has 1 heterocycles. The van der Waals surface area contributed by atoms with E-state index in [1.165, 1.54) is 0 Å². The molecule has 1 N–H and O–H groups in total. The molecular weight excluding hydrogens is 274 g/mol. The van der Waals surface area contributed by atoms with Crippen molar-refractivity contribution in [2.45, 2.75) is 37.5 Å². The van der Waals surface area contributed by atoms with E-state index in [2.05, 4.69) is 10.2 Å². The highest BCUT2D eigenvalue weighted by atomic mass is 32.2. The summed E-state index contributed by atoms with van der Waals surface area (Å²) in [4.78, 5) is 15.5. The van der Waals surface area contributed by atoms with Crippen LogP contribution in [0.15, 0.2) is 0 Å². The number of nitrogens with one attached hydrogen (secondary N) is 1. The molecule has 118 valence electrons. The normalized spacial score (nSPS) is 20.6. The maximum atomic E-state index is 11.6. The lowest BCUT2D eigenvalue weighted by Gasteiger charge is -2.32. The predicted molar refractivity (Wildman–Crippen MR) is 84.3 cm³/mol. The number of likely N-dealkylation sites (tertiary alicyclic amines) is 1. The summed E-state index contributed by atoms with van der Waals surface area (Å²) in [5.74, 6) is 0.177. The first-order valence-corrected chi connectivity index (χ1v) is 9.00. The summed E-state index contributed by atoms with van der Waals surface area (Å²) in [5, 5.41) is 3.81. The van der Waals surface area contributed by atoms with E-state index in [1.807, 2.05) is 6.92 Å². The molecule has 6 heteroatoms. The SMILES string of the molecule is CC(CCNC1CCN(CC(=O)N(C)C)CC1)S(C)=O. The molecule has 1 rings (SSSR count). The highest BCUT2D eigenvalue weighted by molar-refractivity contribution is 7.84. The number of amides is 1. The van der Waals surface area contributed by atoms with Gasteiger partial charge in [0.25, 0.3) is 0 Å². The van der Waals surface area contributed by atoms with E-state index in [1.54, 1.807) is 25.3 Å². The maximum absolute atomic E-state index is 11.6. The van der Waals surface area contributed by atoms with Crippen LogP contribution in [0.2, 0.25) is 0 Å². The van der Waals surface area contributed by atoms with Gasteiger partial charge in [-0.3, -0.25) is 13.9 Å². The number of hydrogen-bond donors (Lipinski definition) is 1. The van der Waals surface area contributed by atoms with Gasteiger partial charge in [0.2, 0.25) is 5.91 Å². The van der Waals surface area contributed by atoms with Crippen LogP contribution >= 0.6 is 0 Å². The Morgan fingerprint density at radius 2 is 2.00 bits per heavy atom. The smallest absolute Gasteiger partial charge is 0.236 e. The molecular formula is C14H29N3O2S. The van der Waals surface area contributed by atoms with Crippen LogP contribution in [-0.4, -0.2) is 77.7 Å². The quantitative estimate of drug-likeness (QED) is 0.734. The third kappa shape index (κ3) is 6.33. The number of hydrogen-bond acceptors (Lipinski definition) is 4. The van der Waals surface area contributed by atoms with Crippen LogP contribution in [0, 0.1) is 0 Å². The van der Waals surface area contributed by atoms with Gasteiger partial charge in [0, 0.05) is 55.5 Å². The van der Waals surface area contributed by atoms with E-state index in [0.29, 0.717) is 12.6 Å². The van der Waals surface area contributed by atoms with Gasteiger partial charge in [-0.25, -0.2) is 0 Å². The third-order valence-electron chi connectivity index (χ3n) is 4.00. The first kappa shape index (κ1) is 17.6. The minimum Gasteiger partial charge on any atom is -0.348 e. The summed E-state index contributed by atoms with van der Waals surface area (Å²) in [7, 11) is 2.88. The first-order valence-electron chi connectivity index (χ1n) is 7.38. The van der Waals surface area contributed by atoms with Crippen molar-refractivity contribution in [1.82, 2.24) is 15.1 Å². The molecule has 20 heavy (non-hydrogen) atoms. The lowest BCUT2D eigenvalue weighted by Crippen LogP contribution is -2.46. The maximum Gasteiger partial charge on any atom is 0.236 e. The molecule has 1 aliphatic rings. The zero-order chi connectivity index (χ0) is 15.1. The highest BCUT2D eigenvalue weighted by Crippen LogP contribution is 2.10. The summed E-state index contributed by atoms with van der Waals surface area (Å²) < 4.78 is 11.3.